The van der Waals surface area contributed by atoms with Crippen LogP contribution in [-0.2, 0) is 0 Å². The molecule has 0 saturated carbocycles. The van der Waals surface area contributed by atoms with Crippen LogP contribution in [0, 0.1) is 23.4 Å². The number of halogens is 3. The third kappa shape index (κ3) is 7.56. The molecule has 208 valence electrons. The molecule has 3 aromatic rings. The summed E-state index contributed by atoms with van der Waals surface area (Å²) < 4.78 is 50.2. The van der Waals surface area contributed by atoms with Gasteiger partial charge < -0.3 is 4.74 Å². The summed E-state index contributed by atoms with van der Waals surface area (Å²) in [5.74, 6) is -1.43. The van der Waals surface area contributed by atoms with Crippen molar-refractivity contribution in [3.05, 3.63) is 83.7 Å². The number of allylic oxidation sites excluding steroid dienone is 2. The van der Waals surface area contributed by atoms with E-state index >= 15 is 4.39 Å². The second kappa shape index (κ2) is 14.4. The average molecular weight is 535 g/mol. The SMILES string of the molecule is CCCCCCCCOc1ccc(-c2ccc(-c3ccc(C4=CCC(CCC)CC4)c(F)c3)cc2)c(F)c1F. The standard InChI is InChI=1S/C35H41F3O/c1-3-5-6-7-8-9-23-39-33-22-21-31(34(37)35(33)38)28-17-15-26(16-18-28)29-19-20-30(32(36)24-29)27-13-11-25(10-4-2)12-14-27/h13,15-22,24-25H,3-12,14,23H2,1-2H3. The maximum absolute atomic E-state index is 15.1. The summed E-state index contributed by atoms with van der Waals surface area (Å²) in [6, 6.07) is 15.5. The lowest BCUT2D eigenvalue weighted by atomic mass is 9.84. The second-order valence-electron chi connectivity index (χ2n) is 10.8. The van der Waals surface area contributed by atoms with Crippen molar-refractivity contribution in [2.24, 2.45) is 5.92 Å². The van der Waals surface area contributed by atoms with Crippen molar-refractivity contribution < 1.29 is 17.9 Å². The molecular formula is C35H41F3O. The third-order valence-electron chi connectivity index (χ3n) is 7.86. The van der Waals surface area contributed by atoms with E-state index in [9.17, 15) is 8.78 Å². The van der Waals surface area contributed by atoms with Crippen molar-refractivity contribution in [3.63, 3.8) is 0 Å². The number of unbranched alkanes of at least 4 members (excludes halogenated alkanes) is 5. The first-order valence-corrected chi connectivity index (χ1v) is 14.7. The smallest absolute Gasteiger partial charge is 0.201 e. The van der Waals surface area contributed by atoms with E-state index in [0.717, 1.165) is 55.2 Å². The Morgan fingerprint density at radius 1 is 0.718 bits per heavy atom. The summed E-state index contributed by atoms with van der Waals surface area (Å²) in [5.41, 5.74) is 4.10. The first-order chi connectivity index (χ1) is 19.0. The van der Waals surface area contributed by atoms with Crippen LogP contribution < -0.4 is 4.74 Å². The monoisotopic (exact) mass is 534 g/mol. The van der Waals surface area contributed by atoms with Gasteiger partial charge in [0.25, 0.3) is 0 Å². The summed E-state index contributed by atoms with van der Waals surface area (Å²) in [4.78, 5) is 0. The third-order valence-corrected chi connectivity index (χ3v) is 7.86. The highest BCUT2D eigenvalue weighted by molar-refractivity contribution is 5.74. The van der Waals surface area contributed by atoms with Gasteiger partial charge in [-0.3, -0.25) is 0 Å². The highest BCUT2D eigenvalue weighted by Crippen LogP contribution is 2.36. The molecule has 0 aliphatic heterocycles. The molecule has 0 aromatic heterocycles. The molecule has 0 spiro atoms. The Kier molecular flexibility index (Phi) is 10.7. The Morgan fingerprint density at radius 2 is 1.41 bits per heavy atom. The van der Waals surface area contributed by atoms with Crippen LogP contribution in [0.15, 0.2) is 60.7 Å². The number of hydrogen-bond donors (Lipinski definition) is 0. The van der Waals surface area contributed by atoms with Crippen molar-refractivity contribution in [1.29, 1.82) is 0 Å². The molecule has 1 atom stereocenters. The topological polar surface area (TPSA) is 9.23 Å². The van der Waals surface area contributed by atoms with Gasteiger partial charge >= 0.3 is 0 Å². The second-order valence-corrected chi connectivity index (χ2v) is 10.8. The molecule has 3 aromatic carbocycles. The van der Waals surface area contributed by atoms with Gasteiger partial charge in [-0.2, -0.15) is 4.39 Å². The van der Waals surface area contributed by atoms with Crippen molar-refractivity contribution in [2.45, 2.75) is 84.5 Å². The lowest BCUT2D eigenvalue weighted by Gasteiger charge is -2.22. The predicted octanol–water partition coefficient (Wildman–Crippen LogP) is 11.2. The zero-order chi connectivity index (χ0) is 27.6. The molecule has 1 aliphatic carbocycles. The fourth-order valence-electron chi connectivity index (χ4n) is 5.53. The van der Waals surface area contributed by atoms with E-state index < -0.39 is 11.6 Å². The zero-order valence-corrected chi connectivity index (χ0v) is 23.4. The lowest BCUT2D eigenvalue weighted by Crippen LogP contribution is -2.05. The van der Waals surface area contributed by atoms with Gasteiger partial charge in [0.05, 0.1) is 6.61 Å². The molecule has 39 heavy (non-hydrogen) atoms. The van der Waals surface area contributed by atoms with E-state index in [1.54, 1.807) is 24.3 Å². The molecule has 1 aliphatic rings. The lowest BCUT2D eigenvalue weighted by molar-refractivity contribution is 0.285. The molecule has 0 heterocycles. The molecule has 0 saturated heterocycles. The maximum Gasteiger partial charge on any atom is 0.201 e. The highest BCUT2D eigenvalue weighted by atomic mass is 19.2. The van der Waals surface area contributed by atoms with E-state index in [4.69, 9.17) is 4.74 Å². The number of rotatable bonds is 13. The van der Waals surface area contributed by atoms with Gasteiger partial charge in [-0.05, 0) is 72.1 Å². The molecular weight excluding hydrogens is 493 g/mol. The molecule has 0 bridgehead atoms. The summed E-state index contributed by atoms with van der Waals surface area (Å²) in [5, 5.41) is 0. The quantitative estimate of drug-likeness (QED) is 0.198. The van der Waals surface area contributed by atoms with Gasteiger partial charge in [-0.15, -0.1) is 0 Å². The minimum atomic E-state index is -0.960. The van der Waals surface area contributed by atoms with E-state index in [1.165, 1.54) is 38.2 Å². The van der Waals surface area contributed by atoms with Crippen LogP contribution in [0.2, 0.25) is 0 Å². The molecule has 1 nitrogen and oxygen atoms in total. The van der Waals surface area contributed by atoms with Crippen LogP contribution in [0.3, 0.4) is 0 Å². The first kappa shape index (κ1) is 29.0. The molecule has 1 unspecified atom stereocenters. The summed E-state index contributed by atoms with van der Waals surface area (Å²) in [6.45, 7) is 4.76. The molecule has 4 rings (SSSR count). The predicted molar refractivity (Wildman–Crippen MR) is 156 cm³/mol. The van der Waals surface area contributed by atoms with Gasteiger partial charge in [0.1, 0.15) is 5.82 Å². The summed E-state index contributed by atoms with van der Waals surface area (Å²) >= 11 is 0. The van der Waals surface area contributed by atoms with Crippen LogP contribution in [0.4, 0.5) is 13.2 Å². The maximum atomic E-state index is 15.1. The van der Waals surface area contributed by atoms with E-state index in [2.05, 4.69) is 19.9 Å². The van der Waals surface area contributed by atoms with Gasteiger partial charge in [0, 0.05) is 11.1 Å². The highest BCUT2D eigenvalue weighted by Gasteiger charge is 2.18. The first-order valence-electron chi connectivity index (χ1n) is 14.7. The van der Waals surface area contributed by atoms with Gasteiger partial charge in [-0.25, -0.2) is 8.78 Å². The minimum Gasteiger partial charge on any atom is -0.490 e. The van der Waals surface area contributed by atoms with Gasteiger partial charge in [0.15, 0.2) is 11.6 Å². The molecule has 4 heteroatoms. The Balaban J connectivity index is 1.40. The van der Waals surface area contributed by atoms with Crippen LogP contribution in [0.25, 0.3) is 27.8 Å². The van der Waals surface area contributed by atoms with Crippen LogP contribution >= 0.6 is 0 Å². The van der Waals surface area contributed by atoms with Crippen LogP contribution in [0.5, 0.6) is 5.75 Å². The van der Waals surface area contributed by atoms with Gasteiger partial charge in [0.2, 0.25) is 5.82 Å². The van der Waals surface area contributed by atoms with Crippen molar-refractivity contribution in [3.8, 4) is 28.0 Å². The number of benzene rings is 3. The molecule has 0 amide bonds. The van der Waals surface area contributed by atoms with Crippen LogP contribution in [0.1, 0.15) is 90.0 Å². The Hall–Kier alpha value is -3.01. The Bertz CT molecular complexity index is 1250. The van der Waals surface area contributed by atoms with Crippen molar-refractivity contribution in [1.82, 2.24) is 0 Å². The Labute approximate surface area is 232 Å². The van der Waals surface area contributed by atoms with Gasteiger partial charge in [-0.1, -0.05) is 101 Å². The van der Waals surface area contributed by atoms with Crippen molar-refractivity contribution in [2.75, 3.05) is 6.61 Å². The minimum absolute atomic E-state index is 0.0500. The summed E-state index contributed by atoms with van der Waals surface area (Å²) in [6.07, 6.45) is 14.3. The normalized spacial score (nSPS) is 15.3. The van der Waals surface area contributed by atoms with E-state index in [1.807, 2.05) is 24.3 Å². The number of ether oxygens (including phenoxy) is 1. The number of hydrogen-bond acceptors (Lipinski definition) is 1. The zero-order valence-electron chi connectivity index (χ0n) is 23.4. The van der Waals surface area contributed by atoms with E-state index in [0.29, 0.717) is 23.7 Å². The molecule has 0 radical (unpaired) electrons. The average Bonchev–Trinajstić information content (AvgIpc) is 2.95. The van der Waals surface area contributed by atoms with Crippen LogP contribution in [-0.4, -0.2) is 6.61 Å². The Morgan fingerprint density at radius 3 is 2.10 bits per heavy atom. The summed E-state index contributed by atoms with van der Waals surface area (Å²) in [7, 11) is 0. The molecule has 0 N–H and O–H groups in total. The largest absolute Gasteiger partial charge is 0.490 e. The fraction of sp³-hybridized carbons (Fsp3) is 0.429. The van der Waals surface area contributed by atoms with E-state index in [-0.39, 0.29) is 17.1 Å². The van der Waals surface area contributed by atoms with Crippen molar-refractivity contribution >= 4 is 5.57 Å². The molecule has 0 fully saturated rings. The fourth-order valence-corrected chi connectivity index (χ4v) is 5.53.